The smallest absolute Gasteiger partial charge is 0.274 e. The third-order valence-electron chi connectivity index (χ3n) is 5.20. The highest BCUT2D eigenvalue weighted by Gasteiger charge is 2.22. The van der Waals surface area contributed by atoms with Crippen molar-refractivity contribution in [3.63, 3.8) is 0 Å². The molecule has 3 aromatic heterocycles. The van der Waals surface area contributed by atoms with Gasteiger partial charge in [0.2, 0.25) is 0 Å². The molecule has 0 unspecified atom stereocenters. The standard InChI is InChI=1S/C20H24N6O/c1-4-24(5-2)16-11-15-13-25(9-7-17(15)22-12-16)20-14(3)10-18-21-8-6-19(27)26(18)23-20/h6,8,10-12H,4-5,7,9,13H2,1-3H3. The van der Waals surface area contributed by atoms with E-state index in [-0.39, 0.29) is 5.56 Å². The summed E-state index contributed by atoms with van der Waals surface area (Å²) in [5.41, 5.74) is 4.97. The molecule has 0 amide bonds. The molecule has 0 radical (unpaired) electrons. The molecule has 7 nitrogen and oxygen atoms in total. The second-order valence-corrected chi connectivity index (χ2v) is 6.85. The Bertz CT molecular complexity index is 1040. The van der Waals surface area contributed by atoms with Crippen LogP contribution in [0.5, 0.6) is 0 Å². The summed E-state index contributed by atoms with van der Waals surface area (Å²) >= 11 is 0. The van der Waals surface area contributed by atoms with Crippen LogP contribution in [0.3, 0.4) is 0 Å². The largest absolute Gasteiger partial charge is 0.371 e. The number of hydrogen-bond donors (Lipinski definition) is 0. The van der Waals surface area contributed by atoms with E-state index in [1.54, 1.807) is 0 Å². The van der Waals surface area contributed by atoms with Crippen LogP contribution in [0.2, 0.25) is 0 Å². The number of hydrogen-bond acceptors (Lipinski definition) is 6. The van der Waals surface area contributed by atoms with Crippen molar-refractivity contribution in [3.8, 4) is 0 Å². The molecule has 0 saturated carbocycles. The van der Waals surface area contributed by atoms with Crippen LogP contribution in [-0.4, -0.2) is 39.2 Å². The first-order valence-electron chi connectivity index (χ1n) is 9.44. The average molecular weight is 364 g/mol. The maximum absolute atomic E-state index is 12.1. The lowest BCUT2D eigenvalue weighted by Crippen LogP contribution is -2.34. The molecule has 27 heavy (non-hydrogen) atoms. The molecule has 0 aliphatic carbocycles. The lowest BCUT2D eigenvalue weighted by molar-refractivity contribution is 0.684. The molecule has 140 valence electrons. The van der Waals surface area contributed by atoms with Crippen molar-refractivity contribution in [1.82, 2.24) is 19.6 Å². The number of rotatable bonds is 4. The van der Waals surface area contributed by atoms with Crippen LogP contribution in [0.1, 0.15) is 30.7 Å². The van der Waals surface area contributed by atoms with Crippen LogP contribution in [-0.2, 0) is 13.0 Å². The summed E-state index contributed by atoms with van der Waals surface area (Å²) in [4.78, 5) is 25.6. The van der Waals surface area contributed by atoms with Gasteiger partial charge in [0.05, 0.1) is 11.9 Å². The summed E-state index contributed by atoms with van der Waals surface area (Å²) in [7, 11) is 0. The highest BCUT2D eigenvalue weighted by Crippen LogP contribution is 2.27. The van der Waals surface area contributed by atoms with Gasteiger partial charge in [-0.3, -0.25) is 9.78 Å². The van der Waals surface area contributed by atoms with Gasteiger partial charge in [0.15, 0.2) is 11.5 Å². The normalized spacial score (nSPS) is 13.7. The molecule has 4 rings (SSSR count). The molecule has 3 aromatic rings. The molecular formula is C20H24N6O. The first kappa shape index (κ1) is 17.5. The number of pyridine rings is 1. The molecule has 0 saturated heterocycles. The summed E-state index contributed by atoms with van der Waals surface area (Å²) in [6.07, 6.45) is 4.37. The van der Waals surface area contributed by atoms with Crippen LogP contribution < -0.4 is 15.4 Å². The molecule has 0 N–H and O–H groups in total. The highest BCUT2D eigenvalue weighted by molar-refractivity contribution is 5.55. The van der Waals surface area contributed by atoms with Gasteiger partial charge >= 0.3 is 0 Å². The van der Waals surface area contributed by atoms with Crippen LogP contribution in [0.4, 0.5) is 11.5 Å². The van der Waals surface area contributed by atoms with Crippen molar-refractivity contribution in [2.24, 2.45) is 0 Å². The zero-order chi connectivity index (χ0) is 19.0. The Morgan fingerprint density at radius 2 is 2.00 bits per heavy atom. The van der Waals surface area contributed by atoms with Crippen molar-refractivity contribution >= 4 is 17.2 Å². The van der Waals surface area contributed by atoms with E-state index in [0.29, 0.717) is 5.65 Å². The van der Waals surface area contributed by atoms with E-state index in [9.17, 15) is 4.79 Å². The average Bonchev–Trinajstić information content (AvgIpc) is 2.68. The molecule has 4 heterocycles. The summed E-state index contributed by atoms with van der Waals surface area (Å²) in [5.74, 6) is 0.830. The Morgan fingerprint density at radius 1 is 1.19 bits per heavy atom. The Labute approximate surface area is 158 Å². The summed E-state index contributed by atoms with van der Waals surface area (Å²) in [6.45, 7) is 9.82. The molecule has 0 aromatic carbocycles. The zero-order valence-corrected chi connectivity index (χ0v) is 16.0. The minimum absolute atomic E-state index is 0.163. The van der Waals surface area contributed by atoms with Crippen molar-refractivity contribution in [1.29, 1.82) is 0 Å². The number of aromatic nitrogens is 4. The third kappa shape index (κ3) is 3.13. The molecule has 1 aliphatic rings. The van der Waals surface area contributed by atoms with Gasteiger partial charge in [0.1, 0.15) is 0 Å². The van der Waals surface area contributed by atoms with Gasteiger partial charge in [0.25, 0.3) is 5.56 Å². The zero-order valence-electron chi connectivity index (χ0n) is 16.0. The quantitative estimate of drug-likeness (QED) is 0.707. The third-order valence-corrected chi connectivity index (χ3v) is 5.20. The number of nitrogens with zero attached hydrogens (tertiary/aromatic N) is 6. The minimum Gasteiger partial charge on any atom is -0.371 e. The molecule has 1 aliphatic heterocycles. The van der Waals surface area contributed by atoms with Gasteiger partial charge in [0, 0.05) is 50.6 Å². The van der Waals surface area contributed by atoms with E-state index in [2.05, 4.69) is 39.8 Å². The molecule has 0 spiro atoms. The topological polar surface area (TPSA) is 66.6 Å². The van der Waals surface area contributed by atoms with E-state index >= 15 is 0 Å². The predicted octanol–water partition coefficient (Wildman–Crippen LogP) is 2.20. The maximum atomic E-state index is 12.1. The van der Waals surface area contributed by atoms with E-state index in [1.807, 2.05) is 19.2 Å². The summed E-state index contributed by atoms with van der Waals surface area (Å²) in [6, 6.07) is 5.60. The fraction of sp³-hybridized carbons (Fsp3) is 0.400. The molecule has 0 bridgehead atoms. The van der Waals surface area contributed by atoms with E-state index in [1.165, 1.54) is 22.3 Å². The lowest BCUT2D eigenvalue weighted by Gasteiger charge is -2.31. The van der Waals surface area contributed by atoms with Crippen molar-refractivity contribution in [2.75, 3.05) is 29.4 Å². The van der Waals surface area contributed by atoms with E-state index in [0.717, 1.165) is 55.4 Å². The molecular weight excluding hydrogens is 340 g/mol. The Balaban J connectivity index is 1.71. The second-order valence-electron chi connectivity index (χ2n) is 6.85. The maximum Gasteiger partial charge on any atom is 0.274 e. The van der Waals surface area contributed by atoms with Crippen LogP contribution in [0.15, 0.2) is 35.4 Å². The van der Waals surface area contributed by atoms with E-state index < -0.39 is 0 Å². The van der Waals surface area contributed by atoms with Gasteiger partial charge in [-0.15, -0.1) is 5.10 Å². The lowest BCUT2D eigenvalue weighted by atomic mass is 10.0. The molecule has 0 atom stereocenters. The fourth-order valence-electron chi connectivity index (χ4n) is 3.72. The van der Waals surface area contributed by atoms with Crippen molar-refractivity contribution in [3.05, 3.63) is 57.8 Å². The highest BCUT2D eigenvalue weighted by atomic mass is 16.1. The van der Waals surface area contributed by atoms with Crippen LogP contribution in [0.25, 0.3) is 5.65 Å². The number of fused-ring (bicyclic) bond motifs is 2. The SMILES string of the molecule is CCN(CC)c1cnc2c(c1)CN(c1nn3c(=O)ccnc3cc1C)CC2. The van der Waals surface area contributed by atoms with Crippen molar-refractivity contribution < 1.29 is 0 Å². The predicted molar refractivity (Wildman–Crippen MR) is 107 cm³/mol. The number of aryl methyl sites for hydroxylation is 1. The Morgan fingerprint density at radius 3 is 2.78 bits per heavy atom. The minimum atomic E-state index is -0.163. The summed E-state index contributed by atoms with van der Waals surface area (Å²) < 4.78 is 1.38. The van der Waals surface area contributed by atoms with Gasteiger partial charge in [-0.2, -0.15) is 4.52 Å². The van der Waals surface area contributed by atoms with Gasteiger partial charge in [-0.25, -0.2) is 4.98 Å². The Kier molecular flexibility index (Phi) is 4.51. The first-order chi connectivity index (χ1) is 13.1. The van der Waals surface area contributed by atoms with Gasteiger partial charge < -0.3 is 9.80 Å². The summed E-state index contributed by atoms with van der Waals surface area (Å²) in [5, 5.41) is 4.60. The monoisotopic (exact) mass is 364 g/mol. The van der Waals surface area contributed by atoms with Gasteiger partial charge in [-0.1, -0.05) is 0 Å². The van der Waals surface area contributed by atoms with Crippen molar-refractivity contribution in [2.45, 2.75) is 33.7 Å². The first-order valence-corrected chi connectivity index (χ1v) is 9.44. The second kappa shape index (κ2) is 6.98. The molecule has 7 heteroatoms. The fourth-order valence-corrected chi connectivity index (χ4v) is 3.72. The number of anilines is 2. The molecule has 0 fully saturated rings. The van der Waals surface area contributed by atoms with Gasteiger partial charge in [-0.05, 0) is 44.0 Å². The Hall–Kier alpha value is -2.96. The van der Waals surface area contributed by atoms with E-state index in [4.69, 9.17) is 4.98 Å². The van der Waals surface area contributed by atoms with Crippen LogP contribution in [0, 0.1) is 6.92 Å². The van der Waals surface area contributed by atoms with Crippen LogP contribution >= 0.6 is 0 Å².